The standard InChI is InChI=1S/C31H40N4O4S/c1-24(2)21-32-31(37)29(20-26-15-8-6-9-16-26)34(22-27-17-13-12-14-25(27)3)30(36)23-35(40(38,39)33(4)5)28-18-10-7-11-19-28/h6-19,24,29H,20-23H2,1-5H3,(H,32,37)/t29-/m1/s1. The van der Waals surface area contributed by atoms with Crippen LogP contribution in [0.4, 0.5) is 5.69 Å². The molecule has 0 fully saturated rings. The summed E-state index contributed by atoms with van der Waals surface area (Å²) in [5.41, 5.74) is 3.12. The van der Waals surface area contributed by atoms with E-state index < -0.39 is 28.7 Å². The van der Waals surface area contributed by atoms with Crippen LogP contribution in [0.5, 0.6) is 0 Å². The van der Waals surface area contributed by atoms with E-state index in [9.17, 15) is 18.0 Å². The molecule has 0 spiro atoms. The molecule has 0 heterocycles. The molecule has 2 amide bonds. The first kappa shape index (κ1) is 30.8. The van der Waals surface area contributed by atoms with Gasteiger partial charge in [0.15, 0.2) is 0 Å². The molecule has 214 valence electrons. The van der Waals surface area contributed by atoms with Crippen LogP contribution < -0.4 is 9.62 Å². The lowest BCUT2D eigenvalue weighted by molar-refractivity contribution is -0.140. The number of rotatable bonds is 13. The van der Waals surface area contributed by atoms with Crippen molar-refractivity contribution in [3.63, 3.8) is 0 Å². The molecule has 8 nitrogen and oxygen atoms in total. The lowest BCUT2D eigenvalue weighted by Crippen LogP contribution is -2.54. The summed E-state index contributed by atoms with van der Waals surface area (Å²) < 4.78 is 28.9. The van der Waals surface area contributed by atoms with Crippen molar-refractivity contribution < 1.29 is 18.0 Å². The number of nitrogens with zero attached hydrogens (tertiary/aromatic N) is 3. The SMILES string of the molecule is Cc1ccccc1CN(C(=O)CN(c1ccccc1)S(=O)(=O)N(C)C)[C@H](Cc1ccccc1)C(=O)NCC(C)C. The molecule has 0 bridgehead atoms. The average molecular weight is 565 g/mol. The molecule has 0 saturated carbocycles. The minimum absolute atomic E-state index is 0.156. The van der Waals surface area contributed by atoms with E-state index in [4.69, 9.17) is 0 Å². The summed E-state index contributed by atoms with van der Waals surface area (Å²) in [5, 5.41) is 3.00. The third kappa shape index (κ3) is 8.16. The second-order valence-corrected chi connectivity index (χ2v) is 12.5. The van der Waals surface area contributed by atoms with Crippen molar-refractivity contribution in [2.45, 2.75) is 39.8 Å². The van der Waals surface area contributed by atoms with Crippen molar-refractivity contribution in [2.75, 3.05) is 31.5 Å². The number of anilines is 1. The molecular formula is C31H40N4O4S. The van der Waals surface area contributed by atoms with Gasteiger partial charge in [0.2, 0.25) is 11.8 Å². The fourth-order valence-electron chi connectivity index (χ4n) is 4.26. The van der Waals surface area contributed by atoms with E-state index in [1.165, 1.54) is 19.0 Å². The van der Waals surface area contributed by atoms with Gasteiger partial charge in [-0.25, -0.2) is 4.31 Å². The number of carbonyl (C=O) groups is 2. The molecule has 0 radical (unpaired) electrons. The second kappa shape index (κ2) is 14.1. The number of carbonyl (C=O) groups excluding carboxylic acids is 2. The van der Waals surface area contributed by atoms with Crippen LogP contribution in [-0.2, 0) is 32.8 Å². The van der Waals surface area contributed by atoms with E-state index in [1.54, 1.807) is 30.3 Å². The van der Waals surface area contributed by atoms with Crippen LogP contribution in [0.2, 0.25) is 0 Å². The van der Waals surface area contributed by atoms with Crippen molar-refractivity contribution in [3.05, 3.63) is 102 Å². The maximum Gasteiger partial charge on any atom is 0.304 e. The second-order valence-electron chi connectivity index (χ2n) is 10.4. The summed E-state index contributed by atoms with van der Waals surface area (Å²) in [6, 6.07) is 24.9. The van der Waals surface area contributed by atoms with Crippen molar-refractivity contribution in [1.29, 1.82) is 0 Å². The van der Waals surface area contributed by atoms with Crippen LogP contribution in [0.3, 0.4) is 0 Å². The van der Waals surface area contributed by atoms with Crippen LogP contribution >= 0.6 is 0 Å². The van der Waals surface area contributed by atoms with E-state index in [0.717, 1.165) is 25.3 Å². The number of nitrogens with one attached hydrogen (secondary N) is 1. The summed E-state index contributed by atoms with van der Waals surface area (Å²) >= 11 is 0. The van der Waals surface area contributed by atoms with Crippen LogP contribution in [0, 0.1) is 12.8 Å². The van der Waals surface area contributed by atoms with Gasteiger partial charge in [-0.2, -0.15) is 12.7 Å². The Morgan fingerprint density at radius 2 is 1.43 bits per heavy atom. The highest BCUT2D eigenvalue weighted by molar-refractivity contribution is 7.90. The van der Waals surface area contributed by atoms with Crippen LogP contribution in [-0.4, -0.2) is 62.7 Å². The molecule has 1 atom stereocenters. The van der Waals surface area contributed by atoms with Gasteiger partial charge in [0, 0.05) is 33.6 Å². The molecule has 0 aliphatic carbocycles. The minimum Gasteiger partial charge on any atom is -0.354 e. The highest BCUT2D eigenvalue weighted by Gasteiger charge is 2.34. The number of benzene rings is 3. The molecule has 0 aliphatic heterocycles. The van der Waals surface area contributed by atoms with Crippen molar-refractivity contribution in [1.82, 2.24) is 14.5 Å². The van der Waals surface area contributed by atoms with Gasteiger partial charge >= 0.3 is 10.2 Å². The zero-order chi connectivity index (χ0) is 29.3. The van der Waals surface area contributed by atoms with Gasteiger partial charge in [-0.15, -0.1) is 0 Å². The molecular weight excluding hydrogens is 524 g/mol. The van der Waals surface area contributed by atoms with E-state index in [1.807, 2.05) is 75.4 Å². The van der Waals surface area contributed by atoms with Gasteiger partial charge < -0.3 is 10.2 Å². The average Bonchev–Trinajstić information content (AvgIpc) is 2.93. The maximum atomic E-state index is 14.2. The largest absolute Gasteiger partial charge is 0.354 e. The molecule has 0 saturated heterocycles. The Hall–Kier alpha value is -3.69. The molecule has 9 heteroatoms. The molecule has 3 aromatic carbocycles. The minimum atomic E-state index is -4.01. The summed E-state index contributed by atoms with van der Waals surface area (Å²) in [7, 11) is -1.15. The van der Waals surface area contributed by atoms with Gasteiger partial charge in [0.25, 0.3) is 0 Å². The first-order valence-electron chi connectivity index (χ1n) is 13.4. The highest BCUT2D eigenvalue weighted by atomic mass is 32.2. The Balaban J connectivity index is 2.08. The molecule has 0 unspecified atom stereocenters. The first-order valence-corrected chi connectivity index (χ1v) is 14.8. The van der Waals surface area contributed by atoms with Gasteiger partial charge in [0.05, 0.1) is 5.69 Å². The van der Waals surface area contributed by atoms with Crippen LogP contribution in [0.15, 0.2) is 84.9 Å². The Bertz CT molecular complexity index is 1360. The fraction of sp³-hybridized carbons (Fsp3) is 0.355. The summed E-state index contributed by atoms with van der Waals surface area (Å²) in [5.74, 6) is -0.528. The van der Waals surface area contributed by atoms with Crippen molar-refractivity contribution >= 4 is 27.7 Å². The molecule has 1 N–H and O–H groups in total. The smallest absolute Gasteiger partial charge is 0.304 e. The number of para-hydroxylation sites is 1. The summed E-state index contributed by atoms with van der Waals surface area (Å²) in [6.07, 6.45) is 0.286. The third-order valence-corrected chi connectivity index (χ3v) is 8.44. The number of hydrogen-bond acceptors (Lipinski definition) is 4. The van der Waals surface area contributed by atoms with E-state index in [0.29, 0.717) is 12.2 Å². The number of amides is 2. The Kier molecular flexibility index (Phi) is 10.9. The topological polar surface area (TPSA) is 90.0 Å². The maximum absolute atomic E-state index is 14.2. The van der Waals surface area contributed by atoms with E-state index in [-0.39, 0.29) is 24.8 Å². The summed E-state index contributed by atoms with van der Waals surface area (Å²) in [6.45, 7) is 6.12. The Labute approximate surface area is 238 Å². The van der Waals surface area contributed by atoms with Crippen LogP contribution in [0.25, 0.3) is 0 Å². The first-order chi connectivity index (χ1) is 19.0. The van der Waals surface area contributed by atoms with E-state index >= 15 is 0 Å². The highest BCUT2D eigenvalue weighted by Crippen LogP contribution is 2.22. The number of aryl methyl sites for hydroxylation is 1. The predicted octanol–water partition coefficient (Wildman–Crippen LogP) is 4.02. The number of hydrogen-bond donors (Lipinski definition) is 1. The monoisotopic (exact) mass is 564 g/mol. The van der Waals surface area contributed by atoms with Gasteiger partial charge in [-0.3, -0.25) is 9.59 Å². The molecule has 3 aromatic rings. The Morgan fingerprint density at radius 3 is 2.00 bits per heavy atom. The summed E-state index contributed by atoms with van der Waals surface area (Å²) in [4.78, 5) is 29.4. The lowest BCUT2D eigenvalue weighted by atomic mass is 10.0. The van der Waals surface area contributed by atoms with Crippen molar-refractivity contribution in [2.24, 2.45) is 5.92 Å². The van der Waals surface area contributed by atoms with Gasteiger partial charge in [-0.1, -0.05) is 86.6 Å². The predicted molar refractivity (Wildman–Crippen MR) is 160 cm³/mol. The quantitative estimate of drug-likeness (QED) is 0.340. The molecule has 0 aliphatic rings. The fourth-order valence-corrected chi connectivity index (χ4v) is 5.31. The van der Waals surface area contributed by atoms with Crippen molar-refractivity contribution in [3.8, 4) is 0 Å². The molecule has 0 aromatic heterocycles. The third-order valence-electron chi connectivity index (χ3n) is 6.62. The molecule has 3 rings (SSSR count). The normalized spacial score (nSPS) is 12.3. The zero-order valence-corrected chi connectivity index (χ0v) is 24.8. The molecule has 40 heavy (non-hydrogen) atoms. The van der Waals surface area contributed by atoms with Gasteiger partial charge in [0.1, 0.15) is 12.6 Å². The van der Waals surface area contributed by atoms with Gasteiger partial charge in [-0.05, 0) is 41.7 Å². The zero-order valence-electron chi connectivity index (χ0n) is 23.9. The van der Waals surface area contributed by atoms with Crippen LogP contribution in [0.1, 0.15) is 30.5 Å². The Morgan fingerprint density at radius 1 is 0.850 bits per heavy atom. The lowest BCUT2D eigenvalue weighted by Gasteiger charge is -2.34. The van der Waals surface area contributed by atoms with E-state index in [2.05, 4.69) is 5.32 Å².